The van der Waals surface area contributed by atoms with Gasteiger partial charge in [-0.3, -0.25) is 0 Å². The second kappa shape index (κ2) is 7.29. The third-order valence-corrected chi connectivity index (χ3v) is 2.78. The number of rotatable bonds is 7. The Balaban J connectivity index is 2.50. The summed E-state index contributed by atoms with van der Waals surface area (Å²) in [6, 6.07) is 9.01. The van der Waals surface area contributed by atoms with Crippen LogP contribution in [0.5, 0.6) is 5.75 Å². The number of hydrogen-bond acceptors (Lipinski definition) is 2. The first kappa shape index (κ1) is 13.0. The molecule has 1 aromatic rings. The zero-order valence-corrected chi connectivity index (χ0v) is 10.6. The average Bonchev–Trinajstić information content (AvgIpc) is 2.35. The lowest BCUT2D eigenvalue weighted by molar-refractivity contribution is 0.317. The first-order valence-corrected chi connectivity index (χ1v) is 6.19. The van der Waals surface area contributed by atoms with Gasteiger partial charge in [-0.15, -0.1) is 0 Å². The number of hydrogen-bond donors (Lipinski definition) is 1. The SMILES string of the molecule is CCCOc1ccc(CC(CC)NC)cc1. The van der Waals surface area contributed by atoms with Crippen LogP contribution in [0.1, 0.15) is 32.3 Å². The van der Waals surface area contributed by atoms with E-state index in [1.54, 1.807) is 0 Å². The van der Waals surface area contributed by atoms with Crippen molar-refractivity contribution in [1.82, 2.24) is 5.32 Å². The molecule has 16 heavy (non-hydrogen) atoms. The van der Waals surface area contributed by atoms with E-state index >= 15 is 0 Å². The van der Waals surface area contributed by atoms with Crippen LogP contribution in [0.3, 0.4) is 0 Å². The molecule has 2 heteroatoms. The quantitative estimate of drug-likeness (QED) is 0.764. The van der Waals surface area contributed by atoms with Crippen molar-refractivity contribution in [2.24, 2.45) is 0 Å². The maximum absolute atomic E-state index is 5.55. The minimum absolute atomic E-state index is 0.572. The maximum atomic E-state index is 5.55. The van der Waals surface area contributed by atoms with E-state index in [-0.39, 0.29) is 0 Å². The average molecular weight is 221 g/mol. The van der Waals surface area contributed by atoms with Gasteiger partial charge in [-0.1, -0.05) is 26.0 Å². The highest BCUT2D eigenvalue weighted by Crippen LogP contribution is 2.14. The van der Waals surface area contributed by atoms with Crippen LogP contribution in [-0.4, -0.2) is 19.7 Å². The van der Waals surface area contributed by atoms with Crippen molar-refractivity contribution in [2.75, 3.05) is 13.7 Å². The van der Waals surface area contributed by atoms with Crippen molar-refractivity contribution in [1.29, 1.82) is 0 Å². The zero-order chi connectivity index (χ0) is 11.8. The zero-order valence-electron chi connectivity index (χ0n) is 10.6. The smallest absolute Gasteiger partial charge is 0.119 e. The molecule has 0 spiro atoms. The van der Waals surface area contributed by atoms with E-state index in [1.807, 2.05) is 7.05 Å². The molecule has 0 aliphatic rings. The molecule has 1 aromatic carbocycles. The summed E-state index contributed by atoms with van der Waals surface area (Å²) >= 11 is 0. The van der Waals surface area contributed by atoms with Gasteiger partial charge in [-0.2, -0.15) is 0 Å². The van der Waals surface area contributed by atoms with E-state index in [4.69, 9.17) is 4.74 Å². The van der Waals surface area contributed by atoms with E-state index < -0.39 is 0 Å². The van der Waals surface area contributed by atoms with Gasteiger partial charge in [0.2, 0.25) is 0 Å². The van der Waals surface area contributed by atoms with Crippen molar-refractivity contribution in [3.05, 3.63) is 29.8 Å². The molecule has 0 saturated carbocycles. The van der Waals surface area contributed by atoms with Crippen LogP contribution < -0.4 is 10.1 Å². The number of ether oxygens (including phenoxy) is 1. The Hall–Kier alpha value is -1.02. The molecule has 0 radical (unpaired) electrons. The largest absolute Gasteiger partial charge is 0.494 e. The van der Waals surface area contributed by atoms with Crippen molar-refractivity contribution >= 4 is 0 Å². The van der Waals surface area contributed by atoms with Gasteiger partial charge in [0.15, 0.2) is 0 Å². The van der Waals surface area contributed by atoms with Gasteiger partial charge in [0.25, 0.3) is 0 Å². The Labute approximate surface area is 99.0 Å². The normalized spacial score (nSPS) is 12.4. The minimum Gasteiger partial charge on any atom is -0.494 e. The van der Waals surface area contributed by atoms with E-state index in [9.17, 15) is 0 Å². The van der Waals surface area contributed by atoms with Gasteiger partial charge in [0, 0.05) is 6.04 Å². The molecule has 1 unspecified atom stereocenters. The van der Waals surface area contributed by atoms with Crippen LogP contribution >= 0.6 is 0 Å². The van der Waals surface area contributed by atoms with Crippen molar-refractivity contribution in [2.45, 2.75) is 39.2 Å². The molecule has 0 aliphatic heterocycles. The molecule has 0 bridgehead atoms. The van der Waals surface area contributed by atoms with Crippen LogP contribution in [0.2, 0.25) is 0 Å². The predicted molar refractivity (Wildman–Crippen MR) is 69.1 cm³/mol. The summed E-state index contributed by atoms with van der Waals surface area (Å²) in [5.74, 6) is 0.975. The molecule has 1 atom stereocenters. The number of nitrogens with one attached hydrogen (secondary N) is 1. The standard InChI is InChI=1S/C14H23NO/c1-4-10-16-14-8-6-12(7-9-14)11-13(5-2)15-3/h6-9,13,15H,4-5,10-11H2,1-3H3. The molecular formula is C14H23NO. The number of benzene rings is 1. The predicted octanol–water partition coefficient (Wildman–Crippen LogP) is 3.02. The summed E-state index contributed by atoms with van der Waals surface area (Å²) in [6.45, 7) is 5.13. The molecule has 0 aliphatic carbocycles. The van der Waals surface area contributed by atoms with E-state index in [2.05, 4.69) is 43.4 Å². The first-order chi connectivity index (χ1) is 7.80. The van der Waals surface area contributed by atoms with Gasteiger partial charge in [-0.25, -0.2) is 0 Å². The highest BCUT2D eigenvalue weighted by Gasteiger charge is 2.04. The highest BCUT2D eigenvalue weighted by atomic mass is 16.5. The number of likely N-dealkylation sites (N-methyl/N-ethyl adjacent to an activating group) is 1. The van der Waals surface area contributed by atoms with Gasteiger partial charge in [-0.05, 0) is 44.0 Å². The summed E-state index contributed by atoms with van der Waals surface area (Å²) in [6.07, 6.45) is 3.30. The molecule has 0 aromatic heterocycles. The molecule has 0 saturated heterocycles. The molecule has 1 rings (SSSR count). The molecule has 90 valence electrons. The van der Waals surface area contributed by atoms with Crippen LogP contribution in [-0.2, 0) is 6.42 Å². The second-order valence-corrected chi connectivity index (χ2v) is 4.09. The molecule has 1 N–H and O–H groups in total. The summed E-state index contributed by atoms with van der Waals surface area (Å²) < 4.78 is 5.55. The topological polar surface area (TPSA) is 21.3 Å². The maximum Gasteiger partial charge on any atom is 0.119 e. The fourth-order valence-electron chi connectivity index (χ4n) is 1.68. The van der Waals surface area contributed by atoms with E-state index in [0.29, 0.717) is 6.04 Å². The third kappa shape index (κ3) is 4.23. The van der Waals surface area contributed by atoms with Crippen LogP contribution in [0.4, 0.5) is 0 Å². The van der Waals surface area contributed by atoms with Crippen LogP contribution in [0.25, 0.3) is 0 Å². The Morgan fingerprint density at radius 2 is 1.88 bits per heavy atom. The fourth-order valence-corrected chi connectivity index (χ4v) is 1.68. The van der Waals surface area contributed by atoms with Gasteiger partial charge >= 0.3 is 0 Å². The Kier molecular flexibility index (Phi) is 5.94. The molecule has 0 amide bonds. The van der Waals surface area contributed by atoms with E-state index in [1.165, 1.54) is 5.56 Å². The van der Waals surface area contributed by atoms with Gasteiger partial charge < -0.3 is 10.1 Å². The molecule has 2 nitrogen and oxygen atoms in total. The van der Waals surface area contributed by atoms with Crippen LogP contribution in [0.15, 0.2) is 24.3 Å². The van der Waals surface area contributed by atoms with Crippen molar-refractivity contribution < 1.29 is 4.74 Å². The molecule has 0 fully saturated rings. The Morgan fingerprint density at radius 1 is 1.19 bits per heavy atom. The summed E-state index contributed by atoms with van der Waals surface area (Å²) in [5.41, 5.74) is 1.37. The minimum atomic E-state index is 0.572. The van der Waals surface area contributed by atoms with Crippen molar-refractivity contribution in [3.8, 4) is 5.75 Å². The second-order valence-electron chi connectivity index (χ2n) is 4.09. The third-order valence-electron chi connectivity index (χ3n) is 2.78. The molecular weight excluding hydrogens is 198 g/mol. The summed E-state index contributed by atoms with van der Waals surface area (Å²) in [7, 11) is 2.02. The van der Waals surface area contributed by atoms with Gasteiger partial charge in [0.1, 0.15) is 5.75 Å². The lowest BCUT2D eigenvalue weighted by Crippen LogP contribution is -2.26. The lowest BCUT2D eigenvalue weighted by Gasteiger charge is -2.14. The lowest BCUT2D eigenvalue weighted by atomic mass is 10.0. The van der Waals surface area contributed by atoms with Crippen LogP contribution in [0, 0.1) is 0 Å². The van der Waals surface area contributed by atoms with E-state index in [0.717, 1.165) is 31.6 Å². The molecule has 0 heterocycles. The Morgan fingerprint density at radius 3 is 2.38 bits per heavy atom. The summed E-state index contributed by atoms with van der Waals surface area (Å²) in [4.78, 5) is 0. The highest BCUT2D eigenvalue weighted by molar-refractivity contribution is 5.27. The Bertz CT molecular complexity index is 277. The first-order valence-electron chi connectivity index (χ1n) is 6.19. The van der Waals surface area contributed by atoms with Crippen molar-refractivity contribution in [3.63, 3.8) is 0 Å². The van der Waals surface area contributed by atoms with Gasteiger partial charge in [0.05, 0.1) is 6.61 Å². The monoisotopic (exact) mass is 221 g/mol. The fraction of sp³-hybridized carbons (Fsp3) is 0.571. The summed E-state index contributed by atoms with van der Waals surface area (Å²) in [5, 5.41) is 3.32.